The highest BCUT2D eigenvalue weighted by molar-refractivity contribution is 7.97. The molecule has 0 atom stereocenters. The number of thioether (sulfide) groups is 1. The minimum Gasteiger partial charge on any atom is -0.496 e. The number of benzene rings is 2. The van der Waals surface area contributed by atoms with Gasteiger partial charge in [0.05, 0.1) is 35.9 Å². The summed E-state index contributed by atoms with van der Waals surface area (Å²) < 4.78 is 25.4. The Bertz CT molecular complexity index is 1050. The quantitative estimate of drug-likeness (QED) is 0.468. The number of nitrogens with one attached hydrogen (secondary N) is 1. The van der Waals surface area contributed by atoms with Crippen LogP contribution in [0.5, 0.6) is 11.5 Å². The minimum absolute atomic E-state index is 0.0720. The van der Waals surface area contributed by atoms with Gasteiger partial charge in [0.15, 0.2) is 0 Å². The molecule has 7 nitrogen and oxygen atoms in total. The van der Waals surface area contributed by atoms with Gasteiger partial charge in [0.1, 0.15) is 29.5 Å². The average Bonchev–Trinajstić information content (AvgIpc) is 2.77. The number of hydrogen-bond acceptors (Lipinski definition) is 8. The lowest BCUT2D eigenvalue weighted by molar-refractivity contribution is 0.0668. The first-order chi connectivity index (χ1) is 15.4. The Morgan fingerprint density at radius 3 is 2.50 bits per heavy atom. The molecule has 32 heavy (non-hydrogen) atoms. The maximum absolute atomic E-state index is 13.9. The van der Waals surface area contributed by atoms with E-state index < -0.39 is 0 Å². The van der Waals surface area contributed by atoms with Crippen molar-refractivity contribution in [2.45, 2.75) is 37.9 Å². The molecule has 0 unspecified atom stereocenters. The Balaban J connectivity index is 0.000000913. The summed E-state index contributed by atoms with van der Waals surface area (Å²) >= 11 is 1.75. The van der Waals surface area contributed by atoms with Crippen LogP contribution in [0.3, 0.4) is 0 Å². The van der Waals surface area contributed by atoms with Crippen molar-refractivity contribution < 1.29 is 19.0 Å². The predicted octanol–water partition coefficient (Wildman–Crippen LogP) is 4.76. The lowest BCUT2D eigenvalue weighted by Gasteiger charge is -2.27. The molecule has 0 saturated heterocycles. The van der Waals surface area contributed by atoms with Gasteiger partial charge in [-0.15, -0.1) is 0 Å². The van der Waals surface area contributed by atoms with E-state index in [1.807, 2.05) is 12.5 Å². The van der Waals surface area contributed by atoms with E-state index in [0.29, 0.717) is 52.4 Å². The molecule has 0 amide bonds. The first-order valence-corrected chi connectivity index (χ1v) is 12.0. The van der Waals surface area contributed by atoms with E-state index in [-0.39, 0.29) is 18.0 Å². The Kier molecular flexibility index (Phi) is 8.35. The predicted molar refractivity (Wildman–Crippen MR) is 129 cm³/mol. The number of anilines is 3. The van der Waals surface area contributed by atoms with Crippen molar-refractivity contribution in [1.29, 1.82) is 0 Å². The van der Waals surface area contributed by atoms with Gasteiger partial charge in [0.2, 0.25) is 0 Å². The largest absolute Gasteiger partial charge is 0.496 e. The van der Waals surface area contributed by atoms with Crippen LogP contribution < -0.4 is 20.5 Å². The van der Waals surface area contributed by atoms with Gasteiger partial charge in [-0.25, -0.2) is 14.4 Å². The zero-order valence-electron chi connectivity index (χ0n) is 18.5. The number of ether oxygens (including phenoxy) is 2. The third kappa shape index (κ3) is 5.92. The highest BCUT2D eigenvalue weighted by atomic mass is 32.2. The van der Waals surface area contributed by atoms with Crippen LogP contribution in [0.4, 0.5) is 21.6 Å². The lowest BCUT2D eigenvalue weighted by Crippen LogP contribution is -2.26. The zero-order chi connectivity index (χ0) is 23.1. The van der Waals surface area contributed by atoms with Crippen LogP contribution in [0.25, 0.3) is 10.9 Å². The van der Waals surface area contributed by atoms with Crippen molar-refractivity contribution in [2.24, 2.45) is 0 Å². The normalized spacial score (nSPS) is 17.9. The molecule has 0 spiro atoms. The fourth-order valence-electron chi connectivity index (χ4n) is 3.60. The number of methoxy groups -OCH3 is 1. The van der Waals surface area contributed by atoms with Gasteiger partial charge in [-0.2, -0.15) is 11.8 Å². The Labute approximate surface area is 191 Å². The van der Waals surface area contributed by atoms with E-state index in [2.05, 4.69) is 15.3 Å². The molecule has 1 aliphatic carbocycles. The molecule has 4 N–H and O–H groups in total. The molecule has 9 heteroatoms. The summed E-state index contributed by atoms with van der Waals surface area (Å²) in [6.45, 7) is 0. The van der Waals surface area contributed by atoms with Crippen LogP contribution in [0.1, 0.15) is 25.7 Å². The maximum atomic E-state index is 13.9. The number of aromatic nitrogens is 2. The van der Waals surface area contributed by atoms with Gasteiger partial charge < -0.3 is 25.6 Å². The summed E-state index contributed by atoms with van der Waals surface area (Å²) in [4.78, 5) is 8.60. The number of aliphatic hydroxyl groups is 1. The Hall–Kier alpha value is -2.78. The van der Waals surface area contributed by atoms with Gasteiger partial charge >= 0.3 is 0 Å². The molecule has 1 aliphatic rings. The molecule has 0 radical (unpaired) electrons. The van der Waals surface area contributed by atoms with Crippen molar-refractivity contribution in [3.05, 3.63) is 42.5 Å². The van der Waals surface area contributed by atoms with Crippen molar-refractivity contribution in [3.63, 3.8) is 0 Å². The molecule has 172 valence electrons. The smallest absolute Gasteiger partial charge is 0.146 e. The van der Waals surface area contributed by atoms with Crippen molar-refractivity contribution in [3.8, 4) is 11.5 Å². The third-order valence-electron chi connectivity index (χ3n) is 5.08. The number of rotatable bonds is 5. The fraction of sp³-hybridized carbons (Fsp3) is 0.391. The number of fused-ring (bicyclic) bond motifs is 1. The van der Waals surface area contributed by atoms with Gasteiger partial charge in [-0.1, -0.05) is 0 Å². The monoisotopic (exact) mass is 460 g/mol. The molecule has 1 saturated carbocycles. The third-order valence-corrected chi connectivity index (χ3v) is 5.08. The standard InChI is InChI=1S/C21H23FN4O3.C2H6S/c1-28-19-10-13(23)9-17-20(19)21(25-11-24-17)26-16-7-2-12(22)8-18(16)29-15-5-3-14(27)4-6-15;1-3-2/h2,7-11,14-15,27H,3-6,23H2,1H3,(H,24,25,26);1-2H3. The second-order valence-corrected chi connectivity index (χ2v) is 8.38. The second kappa shape index (κ2) is 11.2. The minimum atomic E-state index is -0.390. The van der Waals surface area contributed by atoms with E-state index in [1.165, 1.54) is 18.5 Å². The maximum Gasteiger partial charge on any atom is 0.146 e. The SMILES string of the molecule is COc1cc(N)cc2ncnc(Nc3ccc(F)cc3OC3CCC(O)CC3)c12.CSC. The van der Waals surface area contributed by atoms with Crippen molar-refractivity contribution in [2.75, 3.05) is 30.7 Å². The average molecular weight is 461 g/mol. The number of aliphatic hydroxyl groups excluding tert-OH is 1. The van der Waals surface area contributed by atoms with E-state index in [0.717, 1.165) is 12.8 Å². The van der Waals surface area contributed by atoms with Gasteiger partial charge in [0, 0.05) is 17.8 Å². The van der Waals surface area contributed by atoms with Crippen LogP contribution >= 0.6 is 11.8 Å². The van der Waals surface area contributed by atoms with Crippen LogP contribution in [-0.2, 0) is 0 Å². The van der Waals surface area contributed by atoms with Gasteiger partial charge in [0.25, 0.3) is 0 Å². The topological polar surface area (TPSA) is 103 Å². The number of nitrogen functional groups attached to an aromatic ring is 1. The van der Waals surface area contributed by atoms with Gasteiger partial charge in [-0.05, 0) is 56.4 Å². The molecule has 1 heterocycles. The summed E-state index contributed by atoms with van der Waals surface area (Å²) in [5, 5.41) is 13.6. The summed E-state index contributed by atoms with van der Waals surface area (Å²) in [5.41, 5.74) is 7.66. The van der Waals surface area contributed by atoms with E-state index >= 15 is 0 Å². The van der Waals surface area contributed by atoms with Gasteiger partial charge in [-0.3, -0.25) is 0 Å². The highest BCUT2D eigenvalue weighted by Crippen LogP contribution is 2.37. The Morgan fingerprint density at radius 2 is 1.81 bits per heavy atom. The van der Waals surface area contributed by atoms with Crippen LogP contribution in [0.15, 0.2) is 36.7 Å². The summed E-state index contributed by atoms with van der Waals surface area (Å²) in [5.74, 6) is 1.04. The number of halogens is 1. The van der Waals surface area contributed by atoms with Crippen LogP contribution in [-0.4, -0.2) is 46.9 Å². The molecule has 2 aromatic carbocycles. The molecule has 1 fully saturated rings. The number of hydrogen-bond donors (Lipinski definition) is 3. The highest BCUT2D eigenvalue weighted by Gasteiger charge is 2.22. The van der Waals surface area contributed by atoms with E-state index in [4.69, 9.17) is 15.2 Å². The fourth-order valence-corrected chi connectivity index (χ4v) is 3.60. The number of nitrogens with two attached hydrogens (primary N) is 1. The van der Waals surface area contributed by atoms with Crippen LogP contribution in [0, 0.1) is 5.82 Å². The first-order valence-electron chi connectivity index (χ1n) is 10.3. The van der Waals surface area contributed by atoms with Crippen LogP contribution in [0.2, 0.25) is 0 Å². The second-order valence-electron chi connectivity index (χ2n) is 7.56. The number of nitrogens with zero attached hydrogens (tertiary/aromatic N) is 2. The lowest BCUT2D eigenvalue weighted by atomic mass is 9.95. The first kappa shape index (κ1) is 23.9. The van der Waals surface area contributed by atoms with Crippen molar-refractivity contribution in [1.82, 2.24) is 9.97 Å². The molecular weight excluding hydrogens is 431 g/mol. The molecular formula is C23H29FN4O3S. The molecule has 0 aliphatic heterocycles. The Morgan fingerprint density at radius 1 is 1.09 bits per heavy atom. The summed E-state index contributed by atoms with van der Waals surface area (Å²) in [6, 6.07) is 7.76. The molecule has 1 aromatic heterocycles. The summed E-state index contributed by atoms with van der Waals surface area (Å²) in [7, 11) is 1.55. The summed E-state index contributed by atoms with van der Waals surface area (Å²) in [6.07, 6.45) is 7.96. The van der Waals surface area contributed by atoms with E-state index in [9.17, 15) is 9.50 Å². The van der Waals surface area contributed by atoms with E-state index in [1.54, 1.807) is 37.1 Å². The molecule has 0 bridgehead atoms. The zero-order valence-corrected chi connectivity index (χ0v) is 19.3. The molecule has 4 rings (SSSR count). The molecule has 3 aromatic rings. The van der Waals surface area contributed by atoms with Crippen molar-refractivity contribution >= 4 is 39.9 Å².